The molecule has 0 aliphatic heterocycles. The van der Waals surface area contributed by atoms with Crippen molar-refractivity contribution in [1.82, 2.24) is 14.4 Å². The van der Waals surface area contributed by atoms with E-state index < -0.39 is 0 Å². The fourth-order valence-electron chi connectivity index (χ4n) is 4.89. The van der Waals surface area contributed by atoms with Gasteiger partial charge in [-0.05, 0) is 46.5 Å². The number of nitrogens with zero attached hydrogens (tertiary/aromatic N) is 3. The fraction of sp³-hybridized carbons (Fsp3) is 0. The standard InChI is InChI=1S/C28H17N3/c1-2-4-18(5-3-1)19-6-8-20(9-7-19)21-14-24-22-10-12-29-16-26(22)31-27-17-30-13-11-23(27)25(15-21)28(24)31/h1-17H. The Morgan fingerprint density at radius 3 is 1.58 bits per heavy atom. The second-order valence-electron chi connectivity index (χ2n) is 7.98. The Kier molecular flexibility index (Phi) is 3.27. The van der Waals surface area contributed by atoms with Crippen molar-refractivity contribution in [2.75, 3.05) is 0 Å². The summed E-state index contributed by atoms with van der Waals surface area (Å²) in [6, 6.07) is 28.2. The number of fused-ring (bicyclic) bond motifs is 6. The van der Waals surface area contributed by atoms with Gasteiger partial charge in [0.15, 0.2) is 0 Å². The van der Waals surface area contributed by atoms with Crippen LogP contribution in [-0.2, 0) is 0 Å². The van der Waals surface area contributed by atoms with Crippen LogP contribution < -0.4 is 0 Å². The maximum Gasteiger partial charge on any atom is 0.0725 e. The van der Waals surface area contributed by atoms with Crippen molar-refractivity contribution in [1.29, 1.82) is 0 Å². The number of benzene rings is 3. The van der Waals surface area contributed by atoms with Crippen LogP contribution in [0.25, 0.3) is 60.3 Å². The van der Waals surface area contributed by atoms with E-state index in [1.54, 1.807) is 0 Å². The van der Waals surface area contributed by atoms with E-state index in [2.05, 4.69) is 93.2 Å². The Balaban J connectivity index is 1.52. The predicted octanol–water partition coefficient (Wildman–Crippen LogP) is 6.96. The summed E-state index contributed by atoms with van der Waals surface area (Å²) in [5.41, 5.74) is 8.41. The third-order valence-corrected chi connectivity index (χ3v) is 6.32. The van der Waals surface area contributed by atoms with E-state index in [1.807, 2.05) is 24.8 Å². The van der Waals surface area contributed by atoms with Gasteiger partial charge in [0.25, 0.3) is 0 Å². The van der Waals surface area contributed by atoms with Crippen LogP contribution in [0.3, 0.4) is 0 Å². The molecule has 0 atom stereocenters. The summed E-state index contributed by atoms with van der Waals surface area (Å²) in [6.07, 6.45) is 7.66. The van der Waals surface area contributed by atoms with E-state index in [0.29, 0.717) is 0 Å². The molecule has 3 nitrogen and oxygen atoms in total. The molecule has 0 saturated carbocycles. The number of pyridine rings is 2. The minimum Gasteiger partial charge on any atom is -0.305 e. The number of rotatable bonds is 2. The van der Waals surface area contributed by atoms with E-state index in [0.717, 1.165) is 11.0 Å². The third kappa shape index (κ3) is 2.29. The highest BCUT2D eigenvalue weighted by Gasteiger charge is 2.18. The lowest BCUT2D eigenvalue weighted by molar-refractivity contribution is 1.27. The van der Waals surface area contributed by atoms with Gasteiger partial charge < -0.3 is 4.40 Å². The number of hydrogen-bond acceptors (Lipinski definition) is 2. The zero-order valence-electron chi connectivity index (χ0n) is 16.7. The van der Waals surface area contributed by atoms with Crippen LogP contribution in [0.5, 0.6) is 0 Å². The monoisotopic (exact) mass is 395 g/mol. The molecule has 4 heterocycles. The molecule has 0 unspecified atom stereocenters. The summed E-state index contributed by atoms with van der Waals surface area (Å²) >= 11 is 0. The lowest BCUT2D eigenvalue weighted by atomic mass is 9.97. The molecule has 0 radical (unpaired) electrons. The molecule has 31 heavy (non-hydrogen) atoms. The predicted molar refractivity (Wildman–Crippen MR) is 128 cm³/mol. The van der Waals surface area contributed by atoms with Crippen LogP contribution in [-0.4, -0.2) is 14.4 Å². The molecule has 7 rings (SSSR count). The molecular weight excluding hydrogens is 378 g/mol. The molecular formula is C28H17N3. The lowest BCUT2D eigenvalue weighted by Gasteiger charge is -2.06. The second kappa shape index (κ2) is 6.13. The molecule has 7 aromatic rings. The quantitative estimate of drug-likeness (QED) is 0.317. The van der Waals surface area contributed by atoms with Crippen LogP contribution in [0.4, 0.5) is 0 Å². The fourth-order valence-corrected chi connectivity index (χ4v) is 4.89. The van der Waals surface area contributed by atoms with Gasteiger partial charge in [-0.25, -0.2) is 0 Å². The van der Waals surface area contributed by atoms with E-state index in [-0.39, 0.29) is 0 Å². The Morgan fingerprint density at radius 1 is 0.484 bits per heavy atom. The van der Waals surface area contributed by atoms with Gasteiger partial charge in [0.2, 0.25) is 0 Å². The Labute approximate surface area is 178 Å². The molecule has 0 bridgehead atoms. The van der Waals surface area contributed by atoms with Gasteiger partial charge in [-0.1, -0.05) is 54.6 Å². The van der Waals surface area contributed by atoms with Crippen molar-refractivity contribution in [3.8, 4) is 22.3 Å². The average molecular weight is 395 g/mol. The summed E-state index contributed by atoms with van der Waals surface area (Å²) < 4.78 is 2.30. The SMILES string of the molecule is c1ccc(-c2ccc(-c3cc4c5ccncc5n5c6cnccc6c(c3)c45)cc2)cc1. The summed E-state index contributed by atoms with van der Waals surface area (Å²) in [5.74, 6) is 0. The minimum atomic E-state index is 1.13. The first-order valence-electron chi connectivity index (χ1n) is 10.4. The van der Waals surface area contributed by atoms with E-state index in [4.69, 9.17) is 0 Å². The van der Waals surface area contributed by atoms with Crippen molar-refractivity contribution in [2.45, 2.75) is 0 Å². The first kappa shape index (κ1) is 16.5. The van der Waals surface area contributed by atoms with Crippen LogP contribution in [0.15, 0.2) is 104 Å². The number of hydrogen-bond donors (Lipinski definition) is 0. The van der Waals surface area contributed by atoms with Crippen molar-refractivity contribution in [3.05, 3.63) is 104 Å². The van der Waals surface area contributed by atoms with Gasteiger partial charge >= 0.3 is 0 Å². The van der Waals surface area contributed by atoms with E-state index >= 15 is 0 Å². The maximum absolute atomic E-state index is 4.39. The largest absolute Gasteiger partial charge is 0.305 e. The van der Waals surface area contributed by atoms with Gasteiger partial charge in [0.05, 0.1) is 28.9 Å². The molecule has 0 aliphatic rings. The van der Waals surface area contributed by atoms with Crippen molar-refractivity contribution in [2.24, 2.45) is 0 Å². The van der Waals surface area contributed by atoms with Gasteiger partial charge in [-0.15, -0.1) is 0 Å². The van der Waals surface area contributed by atoms with Crippen molar-refractivity contribution < 1.29 is 0 Å². The van der Waals surface area contributed by atoms with Gasteiger partial charge in [-0.3, -0.25) is 9.97 Å². The maximum atomic E-state index is 4.39. The molecule has 0 fully saturated rings. The first-order valence-corrected chi connectivity index (χ1v) is 10.4. The number of aromatic nitrogens is 3. The van der Waals surface area contributed by atoms with Gasteiger partial charge in [0.1, 0.15) is 0 Å². The smallest absolute Gasteiger partial charge is 0.0725 e. The molecule has 0 spiro atoms. The highest BCUT2D eigenvalue weighted by atomic mass is 14.9. The van der Waals surface area contributed by atoms with Crippen molar-refractivity contribution in [3.63, 3.8) is 0 Å². The van der Waals surface area contributed by atoms with Crippen LogP contribution >= 0.6 is 0 Å². The Hall–Kier alpha value is -4.24. The normalized spacial score (nSPS) is 11.9. The van der Waals surface area contributed by atoms with Crippen LogP contribution in [0, 0.1) is 0 Å². The second-order valence-corrected chi connectivity index (χ2v) is 7.98. The Morgan fingerprint density at radius 2 is 1.00 bits per heavy atom. The van der Waals surface area contributed by atoms with Gasteiger partial charge in [0, 0.05) is 33.9 Å². The van der Waals surface area contributed by atoms with E-state index in [1.165, 1.54) is 49.3 Å². The molecule has 3 aromatic carbocycles. The minimum absolute atomic E-state index is 1.13. The highest BCUT2D eigenvalue weighted by Crippen LogP contribution is 2.41. The van der Waals surface area contributed by atoms with Crippen LogP contribution in [0.2, 0.25) is 0 Å². The molecule has 4 aromatic heterocycles. The Bertz CT molecular complexity index is 1630. The first-order chi connectivity index (χ1) is 15.4. The summed E-state index contributed by atoms with van der Waals surface area (Å²) in [4.78, 5) is 8.78. The molecule has 0 saturated heterocycles. The third-order valence-electron chi connectivity index (χ3n) is 6.32. The average Bonchev–Trinajstić information content (AvgIpc) is 3.36. The zero-order chi connectivity index (χ0) is 20.4. The van der Waals surface area contributed by atoms with Gasteiger partial charge in [-0.2, -0.15) is 0 Å². The highest BCUT2D eigenvalue weighted by molar-refractivity contribution is 6.24. The molecule has 144 valence electrons. The molecule has 3 heteroatoms. The molecule has 0 N–H and O–H groups in total. The topological polar surface area (TPSA) is 30.2 Å². The molecule has 0 amide bonds. The zero-order valence-corrected chi connectivity index (χ0v) is 16.7. The summed E-state index contributed by atoms with van der Waals surface area (Å²) in [7, 11) is 0. The lowest BCUT2D eigenvalue weighted by Crippen LogP contribution is -1.81. The summed E-state index contributed by atoms with van der Waals surface area (Å²) in [5, 5.41) is 4.97. The van der Waals surface area contributed by atoms with Crippen molar-refractivity contribution >= 4 is 38.1 Å². The molecule has 0 aliphatic carbocycles. The van der Waals surface area contributed by atoms with E-state index in [9.17, 15) is 0 Å². The van der Waals surface area contributed by atoms with Crippen LogP contribution in [0.1, 0.15) is 0 Å². The summed E-state index contributed by atoms with van der Waals surface area (Å²) in [6.45, 7) is 0.